The largest absolute Gasteiger partial charge is 0.323 e. The van der Waals surface area contributed by atoms with Crippen molar-refractivity contribution >= 4 is 24.0 Å². The molecule has 0 aliphatic heterocycles. The Balaban J connectivity index is 0.00000225. The molecular formula is C10H16ClN3O2. The summed E-state index contributed by atoms with van der Waals surface area (Å²) in [4.78, 5) is 22.5. The van der Waals surface area contributed by atoms with Crippen molar-refractivity contribution in [1.82, 2.24) is 4.57 Å². The van der Waals surface area contributed by atoms with Crippen molar-refractivity contribution < 1.29 is 4.79 Å². The quantitative estimate of drug-likeness (QED) is 0.818. The number of anilines is 1. The van der Waals surface area contributed by atoms with Crippen LogP contribution in [0, 0.1) is 0 Å². The fourth-order valence-electron chi connectivity index (χ4n) is 1.11. The number of carbonyl (C=O) groups excluding carboxylic acids is 1. The van der Waals surface area contributed by atoms with Crippen LogP contribution in [0.1, 0.15) is 13.8 Å². The summed E-state index contributed by atoms with van der Waals surface area (Å²) >= 11 is 0. The van der Waals surface area contributed by atoms with Gasteiger partial charge in [0.05, 0.1) is 11.7 Å². The molecule has 6 heteroatoms. The Morgan fingerprint density at radius 3 is 2.69 bits per heavy atom. The van der Waals surface area contributed by atoms with Gasteiger partial charge in [0.2, 0.25) is 5.91 Å². The predicted octanol–water partition coefficient (Wildman–Crippen LogP) is 0.576. The SMILES string of the molecule is CCn1cc(NC(=O)C(C)N)ccc1=O.Cl. The van der Waals surface area contributed by atoms with Crippen molar-refractivity contribution in [1.29, 1.82) is 0 Å². The molecule has 0 bridgehead atoms. The number of halogens is 1. The lowest BCUT2D eigenvalue weighted by Crippen LogP contribution is -2.33. The van der Waals surface area contributed by atoms with E-state index in [-0.39, 0.29) is 23.9 Å². The molecule has 1 atom stereocenters. The summed E-state index contributed by atoms with van der Waals surface area (Å²) < 4.78 is 1.51. The molecule has 90 valence electrons. The van der Waals surface area contributed by atoms with E-state index in [1.807, 2.05) is 6.92 Å². The second-order valence-corrected chi connectivity index (χ2v) is 3.32. The van der Waals surface area contributed by atoms with Gasteiger partial charge < -0.3 is 15.6 Å². The van der Waals surface area contributed by atoms with Gasteiger partial charge in [0.25, 0.3) is 5.56 Å². The van der Waals surface area contributed by atoms with Crippen molar-refractivity contribution in [2.75, 3.05) is 5.32 Å². The molecule has 1 heterocycles. The van der Waals surface area contributed by atoms with Gasteiger partial charge in [0.1, 0.15) is 0 Å². The van der Waals surface area contributed by atoms with Crippen LogP contribution < -0.4 is 16.6 Å². The molecule has 1 unspecified atom stereocenters. The highest BCUT2D eigenvalue weighted by atomic mass is 35.5. The maximum absolute atomic E-state index is 11.3. The molecule has 16 heavy (non-hydrogen) atoms. The van der Waals surface area contributed by atoms with E-state index in [2.05, 4.69) is 5.32 Å². The van der Waals surface area contributed by atoms with Crippen LogP contribution in [0.2, 0.25) is 0 Å². The van der Waals surface area contributed by atoms with Crippen molar-refractivity contribution in [2.24, 2.45) is 5.73 Å². The molecule has 1 rings (SSSR count). The van der Waals surface area contributed by atoms with Crippen molar-refractivity contribution in [2.45, 2.75) is 26.4 Å². The average Bonchev–Trinajstić information content (AvgIpc) is 2.20. The van der Waals surface area contributed by atoms with Crippen molar-refractivity contribution in [3.8, 4) is 0 Å². The van der Waals surface area contributed by atoms with Crippen LogP contribution in [0.3, 0.4) is 0 Å². The topological polar surface area (TPSA) is 77.1 Å². The maximum Gasteiger partial charge on any atom is 0.250 e. The van der Waals surface area contributed by atoms with E-state index in [9.17, 15) is 9.59 Å². The summed E-state index contributed by atoms with van der Waals surface area (Å²) in [6.45, 7) is 4.03. The Morgan fingerprint density at radius 2 is 2.19 bits per heavy atom. The Bertz CT molecular complexity index is 415. The number of nitrogens with one attached hydrogen (secondary N) is 1. The fourth-order valence-corrected chi connectivity index (χ4v) is 1.11. The van der Waals surface area contributed by atoms with Crippen LogP contribution in [-0.4, -0.2) is 16.5 Å². The normalized spacial score (nSPS) is 11.4. The number of nitrogens with zero attached hydrogens (tertiary/aromatic N) is 1. The molecule has 0 fully saturated rings. The second kappa shape index (κ2) is 6.30. The highest BCUT2D eigenvalue weighted by Crippen LogP contribution is 2.03. The van der Waals surface area contributed by atoms with Crippen LogP contribution in [0.25, 0.3) is 0 Å². The highest BCUT2D eigenvalue weighted by Gasteiger charge is 2.07. The number of amides is 1. The first-order valence-electron chi connectivity index (χ1n) is 4.81. The van der Waals surface area contributed by atoms with Crippen LogP contribution in [0.4, 0.5) is 5.69 Å². The number of pyridine rings is 1. The van der Waals surface area contributed by atoms with Gasteiger partial charge in [-0.2, -0.15) is 0 Å². The Morgan fingerprint density at radius 1 is 1.56 bits per heavy atom. The summed E-state index contributed by atoms with van der Waals surface area (Å²) in [5, 5.41) is 2.62. The van der Waals surface area contributed by atoms with E-state index >= 15 is 0 Å². The molecule has 1 aromatic heterocycles. The first kappa shape index (κ1) is 14.7. The van der Waals surface area contributed by atoms with Gasteiger partial charge in [-0.3, -0.25) is 9.59 Å². The lowest BCUT2D eigenvalue weighted by atomic mass is 10.3. The summed E-state index contributed by atoms with van der Waals surface area (Å²) in [5.41, 5.74) is 5.90. The maximum atomic E-state index is 11.3. The Kier molecular flexibility index (Phi) is 5.77. The van der Waals surface area contributed by atoms with E-state index in [0.717, 1.165) is 0 Å². The van der Waals surface area contributed by atoms with Crippen LogP contribution in [-0.2, 0) is 11.3 Å². The van der Waals surface area contributed by atoms with E-state index in [1.165, 1.54) is 10.6 Å². The number of hydrogen-bond donors (Lipinski definition) is 2. The van der Waals surface area contributed by atoms with Gasteiger partial charge in [0, 0.05) is 18.8 Å². The molecule has 0 saturated heterocycles. The van der Waals surface area contributed by atoms with Gasteiger partial charge in [-0.05, 0) is 19.9 Å². The smallest absolute Gasteiger partial charge is 0.250 e. The van der Waals surface area contributed by atoms with Crippen molar-refractivity contribution in [3.63, 3.8) is 0 Å². The fraction of sp³-hybridized carbons (Fsp3) is 0.400. The molecule has 0 aliphatic rings. The molecule has 0 saturated carbocycles. The van der Waals surface area contributed by atoms with Crippen molar-refractivity contribution in [3.05, 3.63) is 28.7 Å². The minimum Gasteiger partial charge on any atom is -0.323 e. The minimum absolute atomic E-state index is 0. The molecule has 1 amide bonds. The third kappa shape index (κ3) is 3.67. The average molecular weight is 246 g/mol. The standard InChI is InChI=1S/C10H15N3O2.ClH/c1-3-13-6-8(4-5-9(13)14)12-10(15)7(2)11;/h4-7H,3,11H2,1-2H3,(H,12,15);1H. The second-order valence-electron chi connectivity index (χ2n) is 3.32. The van der Waals surface area contributed by atoms with Gasteiger partial charge >= 0.3 is 0 Å². The van der Waals surface area contributed by atoms with Crippen LogP contribution >= 0.6 is 12.4 Å². The number of carbonyl (C=O) groups is 1. The van der Waals surface area contributed by atoms with E-state index in [0.29, 0.717) is 12.2 Å². The highest BCUT2D eigenvalue weighted by molar-refractivity contribution is 5.94. The first-order chi connectivity index (χ1) is 7.04. The molecule has 0 aromatic carbocycles. The van der Waals surface area contributed by atoms with E-state index < -0.39 is 6.04 Å². The van der Waals surface area contributed by atoms with Gasteiger partial charge in [0.15, 0.2) is 0 Å². The molecular weight excluding hydrogens is 230 g/mol. The summed E-state index contributed by atoms with van der Waals surface area (Å²) in [5.74, 6) is -0.267. The zero-order chi connectivity index (χ0) is 11.4. The third-order valence-electron chi connectivity index (χ3n) is 2.01. The Hall–Kier alpha value is -1.33. The summed E-state index contributed by atoms with van der Waals surface area (Å²) in [6.07, 6.45) is 1.60. The number of aryl methyl sites for hydroxylation is 1. The Labute approximate surface area is 100 Å². The predicted molar refractivity (Wildman–Crippen MR) is 65.9 cm³/mol. The molecule has 0 radical (unpaired) electrons. The summed E-state index contributed by atoms with van der Waals surface area (Å²) in [6, 6.07) is 2.42. The summed E-state index contributed by atoms with van der Waals surface area (Å²) in [7, 11) is 0. The van der Waals surface area contributed by atoms with Gasteiger partial charge in [-0.1, -0.05) is 0 Å². The zero-order valence-corrected chi connectivity index (χ0v) is 10.1. The minimum atomic E-state index is -0.563. The van der Waals surface area contributed by atoms with Crippen LogP contribution in [0.15, 0.2) is 23.1 Å². The number of hydrogen-bond acceptors (Lipinski definition) is 3. The lowest BCUT2D eigenvalue weighted by Gasteiger charge is -2.09. The lowest BCUT2D eigenvalue weighted by molar-refractivity contribution is -0.117. The molecule has 3 N–H and O–H groups in total. The number of nitrogens with two attached hydrogens (primary N) is 1. The first-order valence-corrected chi connectivity index (χ1v) is 4.81. The van der Waals surface area contributed by atoms with E-state index in [1.54, 1.807) is 19.2 Å². The third-order valence-corrected chi connectivity index (χ3v) is 2.01. The molecule has 1 aromatic rings. The molecule has 0 aliphatic carbocycles. The number of aromatic nitrogens is 1. The van der Waals surface area contributed by atoms with Gasteiger partial charge in [-0.15, -0.1) is 12.4 Å². The molecule has 5 nitrogen and oxygen atoms in total. The monoisotopic (exact) mass is 245 g/mol. The van der Waals surface area contributed by atoms with Gasteiger partial charge in [-0.25, -0.2) is 0 Å². The van der Waals surface area contributed by atoms with Crippen LogP contribution in [0.5, 0.6) is 0 Å². The zero-order valence-electron chi connectivity index (χ0n) is 9.27. The van der Waals surface area contributed by atoms with E-state index in [4.69, 9.17) is 5.73 Å². The molecule has 0 spiro atoms. The number of rotatable bonds is 3.